The van der Waals surface area contributed by atoms with E-state index < -0.39 is 0 Å². The largest absolute Gasteiger partial charge is 0.461 e. The van der Waals surface area contributed by atoms with E-state index in [0.29, 0.717) is 5.76 Å². The van der Waals surface area contributed by atoms with Gasteiger partial charge in [0.05, 0.1) is 6.26 Å². The van der Waals surface area contributed by atoms with Crippen molar-refractivity contribution in [2.45, 2.75) is 6.92 Å². The van der Waals surface area contributed by atoms with Gasteiger partial charge in [-0.1, -0.05) is 0 Å². The van der Waals surface area contributed by atoms with Crippen LogP contribution < -0.4 is 10.6 Å². The molecule has 0 unspecified atom stereocenters. The van der Waals surface area contributed by atoms with Gasteiger partial charge >= 0.3 is 0 Å². The van der Waals surface area contributed by atoms with Crippen molar-refractivity contribution >= 4 is 23.1 Å². The second kappa shape index (κ2) is 6.38. The van der Waals surface area contributed by atoms with Gasteiger partial charge in [0.25, 0.3) is 0 Å². The molecule has 2 aromatic rings. The Kier molecular flexibility index (Phi) is 4.34. The third-order valence-electron chi connectivity index (χ3n) is 2.45. The zero-order chi connectivity index (χ0) is 14.4. The number of nitrogens with one attached hydrogen (secondary N) is 2. The predicted molar refractivity (Wildman–Crippen MR) is 76.5 cm³/mol. The van der Waals surface area contributed by atoms with Gasteiger partial charge < -0.3 is 15.1 Å². The van der Waals surface area contributed by atoms with Crippen molar-refractivity contribution in [1.29, 1.82) is 0 Å². The summed E-state index contributed by atoms with van der Waals surface area (Å²) in [6.45, 7) is 1.45. The van der Waals surface area contributed by atoms with E-state index in [4.69, 9.17) is 4.42 Å². The standard InChI is InChI=1S/C15H14N2O3/c1-11(18)17-13-6-4-12(5-7-13)16-9-8-14(19)15-3-2-10-20-15/h2-10,16H,1H3,(H,17,18)/b9-8+. The zero-order valence-corrected chi connectivity index (χ0v) is 10.9. The van der Waals surface area contributed by atoms with E-state index in [0.717, 1.165) is 11.4 Å². The molecule has 0 saturated heterocycles. The van der Waals surface area contributed by atoms with E-state index in [9.17, 15) is 9.59 Å². The van der Waals surface area contributed by atoms with Crippen LogP contribution in [0.15, 0.2) is 59.4 Å². The average Bonchev–Trinajstić information content (AvgIpc) is 2.94. The highest BCUT2D eigenvalue weighted by atomic mass is 16.3. The quantitative estimate of drug-likeness (QED) is 0.647. The van der Waals surface area contributed by atoms with Crippen LogP contribution in [-0.4, -0.2) is 11.7 Å². The Bertz CT molecular complexity index is 613. The van der Waals surface area contributed by atoms with Crippen molar-refractivity contribution in [3.8, 4) is 0 Å². The molecule has 0 aliphatic carbocycles. The van der Waals surface area contributed by atoms with E-state index in [1.54, 1.807) is 36.4 Å². The van der Waals surface area contributed by atoms with Crippen LogP contribution in [0.25, 0.3) is 0 Å². The molecule has 5 nitrogen and oxygen atoms in total. The van der Waals surface area contributed by atoms with Crippen molar-refractivity contribution in [2.24, 2.45) is 0 Å². The highest BCUT2D eigenvalue weighted by Crippen LogP contribution is 2.13. The van der Waals surface area contributed by atoms with Crippen molar-refractivity contribution in [3.63, 3.8) is 0 Å². The third-order valence-corrected chi connectivity index (χ3v) is 2.45. The number of hydrogen-bond acceptors (Lipinski definition) is 4. The summed E-state index contributed by atoms with van der Waals surface area (Å²) in [4.78, 5) is 22.5. The molecule has 0 bridgehead atoms. The minimum Gasteiger partial charge on any atom is -0.461 e. The Morgan fingerprint density at radius 2 is 1.80 bits per heavy atom. The van der Waals surface area contributed by atoms with Crippen molar-refractivity contribution in [2.75, 3.05) is 10.6 Å². The molecule has 1 amide bonds. The van der Waals surface area contributed by atoms with Gasteiger partial charge in [0.15, 0.2) is 5.76 Å². The lowest BCUT2D eigenvalue weighted by Gasteiger charge is -2.04. The first kappa shape index (κ1) is 13.6. The molecule has 5 heteroatoms. The summed E-state index contributed by atoms with van der Waals surface area (Å²) in [7, 11) is 0. The van der Waals surface area contributed by atoms with Crippen LogP contribution >= 0.6 is 0 Å². The van der Waals surface area contributed by atoms with Gasteiger partial charge in [0.1, 0.15) is 0 Å². The molecule has 0 saturated carbocycles. The first-order valence-corrected chi connectivity index (χ1v) is 6.04. The van der Waals surface area contributed by atoms with Crippen LogP contribution in [0.1, 0.15) is 17.5 Å². The molecule has 1 heterocycles. The number of furan rings is 1. The molecule has 0 spiro atoms. The van der Waals surface area contributed by atoms with Crippen LogP contribution in [-0.2, 0) is 4.79 Å². The summed E-state index contributed by atoms with van der Waals surface area (Å²) in [5.74, 6) is -0.0314. The van der Waals surface area contributed by atoms with Crippen LogP contribution in [0.4, 0.5) is 11.4 Å². The normalized spacial score (nSPS) is 10.4. The molecular formula is C15H14N2O3. The second-order valence-electron chi connectivity index (χ2n) is 4.08. The molecule has 0 atom stereocenters. The van der Waals surface area contributed by atoms with E-state index >= 15 is 0 Å². The summed E-state index contributed by atoms with van der Waals surface area (Å²) in [6.07, 6.45) is 4.38. The van der Waals surface area contributed by atoms with E-state index in [2.05, 4.69) is 10.6 Å². The van der Waals surface area contributed by atoms with Gasteiger partial charge in [-0.15, -0.1) is 0 Å². The van der Waals surface area contributed by atoms with Crippen molar-refractivity contribution in [1.82, 2.24) is 0 Å². The minimum absolute atomic E-state index is 0.116. The van der Waals surface area contributed by atoms with Crippen LogP contribution in [0.3, 0.4) is 0 Å². The molecule has 102 valence electrons. The smallest absolute Gasteiger partial charge is 0.222 e. The van der Waals surface area contributed by atoms with Gasteiger partial charge in [-0.2, -0.15) is 0 Å². The molecule has 20 heavy (non-hydrogen) atoms. The molecule has 2 rings (SSSR count). The van der Waals surface area contributed by atoms with Crippen LogP contribution in [0, 0.1) is 0 Å². The maximum absolute atomic E-state index is 11.6. The summed E-state index contributed by atoms with van der Waals surface area (Å²) in [5, 5.41) is 5.64. The first-order valence-electron chi connectivity index (χ1n) is 6.04. The fourth-order valence-electron chi connectivity index (χ4n) is 1.57. The van der Waals surface area contributed by atoms with Crippen molar-refractivity contribution in [3.05, 3.63) is 60.7 Å². The second-order valence-corrected chi connectivity index (χ2v) is 4.08. The fourth-order valence-corrected chi connectivity index (χ4v) is 1.57. The lowest BCUT2D eigenvalue weighted by atomic mass is 10.2. The Hall–Kier alpha value is -2.82. The number of benzene rings is 1. The SMILES string of the molecule is CC(=O)Nc1ccc(N/C=C/C(=O)c2ccco2)cc1. The predicted octanol–water partition coefficient (Wildman–Crippen LogP) is 3.05. The van der Waals surface area contributed by atoms with Gasteiger partial charge in [-0.25, -0.2) is 0 Å². The van der Waals surface area contributed by atoms with E-state index in [1.807, 2.05) is 0 Å². The Morgan fingerprint density at radius 3 is 2.40 bits per heavy atom. The third kappa shape index (κ3) is 3.84. The molecular weight excluding hydrogens is 256 g/mol. The number of allylic oxidation sites excluding steroid dienone is 1. The maximum Gasteiger partial charge on any atom is 0.222 e. The molecule has 0 aliphatic heterocycles. The number of carbonyl (C=O) groups excluding carboxylic acids is 2. The van der Waals surface area contributed by atoms with Crippen LogP contribution in [0.2, 0.25) is 0 Å². The van der Waals surface area contributed by atoms with Gasteiger partial charge in [0, 0.05) is 30.6 Å². The number of anilines is 2. The summed E-state index contributed by atoms with van der Waals surface area (Å²) >= 11 is 0. The summed E-state index contributed by atoms with van der Waals surface area (Å²) < 4.78 is 4.98. The van der Waals surface area contributed by atoms with Gasteiger partial charge in [-0.3, -0.25) is 9.59 Å². The number of carbonyl (C=O) groups is 2. The zero-order valence-electron chi connectivity index (χ0n) is 10.9. The highest BCUT2D eigenvalue weighted by molar-refractivity contribution is 6.02. The Morgan fingerprint density at radius 1 is 1.10 bits per heavy atom. The van der Waals surface area contributed by atoms with Crippen molar-refractivity contribution < 1.29 is 14.0 Å². The van der Waals surface area contributed by atoms with Crippen LogP contribution in [0.5, 0.6) is 0 Å². The minimum atomic E-state index is -0.211. The molecule has 1 aromatic carbocycles. The molecule has 2 N–H and O–H groups in total. The summed E-state index contributed by atoms with van der Waals surface area (Å²) in [5.41, 5.74) is 1.53. The highest BCUT2D eigenvalue weighted by Gasteiger charge is 2.03. The first-order chi connectivity index (χ1) is 9.65. The topological polar surface area (TPSA) is 71.3 Å². The number of hydrogen-bond donors (Lipinski definition) is 2. The number of ketones is 1. The molecule has 0 fully saturated rings. The molecule has 1 aromatic heterocycles. The number of rotatable bonds is 5. The fraction of sp³-hybridized carbons (Fsp3) is 0.0667. The number of amides is 1. The molecule has 0 radical (unpaired) electrons. The molecule has 0 aliphatic rings. The van der Waals surface area contributed by atoms with Gasteiger partial charge in [-0.05, 0) is 36.4 Å². The van der Waals surface area contributed by atoms with E-state index in [-0.39, 0.29) is 11.7 Å². The lowest BCUT2D eigenvalue weighted by molar-refractivity contribution is -0.114. The maximum atomic E-state index is 11.6. The van der Waals surface area contributed by atoms with Gasteiger partial charge in [0.2, 0.25) is 11.7 Å². The average molecular weight is 270 g/mol. The monoisotopic (exact) mass is 270 g/mol. The lowest BCUT2D eigenvalue weighted by Crippen LogP contribution is -2.05. The Balaban J connectivity index is 1.90. The summed E-state index contributed by atoms with van der Waals surface area (Å²) in [6, 6.07) is 10.4. The Labute approximate surface area is 116 Å². The van der Waals surface area contributed by atoms with E-state index in [1.165, 1.54) is 25.5 Å².